The van der Waals surface area contributed by atoms with E-state index in [1.165, 1.54) is 12.8 Å². The summed E-state index contributed by atoms with van der Waals surface area (Å²) in [6, 6.07) is 14.9. The first-order chi connectivity index (χ1) is 13.2. The molecule has 0 aromatic heterocycles. The molecular weight excluding hydrogens is 340 g/mol. The van der Waals surface area contributed by atoms with Gasteiger partial charge in [-0.2, -0.15) is 0 Å². The number of carbonyl (C=O) groups excluding carboxylic acids is 2. The Bertz CT molecular complexity index is 780. The van der Waals surface area contributed by atoms with Crippen molar-refractivity contribution in [1.82, 2.24) is 0 Å². The molecular formula is C22H26N2O3. The maximum Gasteiger partial charge on any atom is 0.224 e. The molecule has 1 saturated heterocycles. The lowest BCUT2D eigenvalue weighted by Crippen LogP contribution is -2.21. The van der Waals surface area contributed by atoms with Gasteiger partial charge in [-0.15, -0.1) is 0 Å². The van der Waals surface area contributed by atoms with Gasteiger partial charge < -0.3 is 15.0 Å². The van der Waals surface area contributed by atoms with Crippen molar-refractivity contribution in [1.29, 1.82) is 0 Å². The van der Waals surface area contributed by atoms with E-state index in [4.69, 9.17) is 4.74 Å². The van der Waals surface area contributed by atoms with Gasteiger partial charge in [-0.3, -0.25) is 9.59 Å². The lowest BCUT2D eigenvalue weighted by Gasteiger charge is -2.21. The Morgan fingerprint density at radius 3 is 2.41 bits per heavy atom. The van der Waals surface area contributed by atoms with Gasteiger partial charge in [0.2, 0.25) is 5.91 Å². The van der Waals surface area contributed by atoms with Gasteiger partial charge in [0, 0.05) is 31.5 Å². The Morgan fingerprint density at radius 2 is 1.70 bits per heavy atom. The van der Waals surface area contributed by atoms with Gasteiger partial charge in [-0.05, 0) is 56.2 Å². The SMILES string of the molecule is CCOc1ccc(C(=O)CCC(=O)Nc2ccccc2N2CCCC2)cc1. The summed E-state index contributed by atoms with van der Waals surface area (Å²) in [5, 5.41) is 2.97. The first-order valence-corrected chi connectivity index (χ1v) is 9.57. The van der Waals surface area contributed by atoms with E-state index in [1.54, 1.807) is 24.3 Å². The molecule has 1 fully saturated rings. The molecule has 5 heteroatoms. The molecule has 0 atom stereocenters. The maximum atomic E-state index is 12.4. The van der Waals surface area contributed by atoms with Crippen LogP contribution in [0.1, 0.15) is 43.0 Å². The first-order valence-electron chi connectivity index (χ1n) is 9.57. The number of nitrogens with zero attached hydrogens (tertiary/aromatic N) is 1. The fourth-order valence-corrected chi connectivity index (χ4v) is 3.30. The highest BCUT2D eigenvalue weighted by Crippen LogP contribution is 2.28. The van der Waals surface area contributed by atoms with Crippen LogP contribution in [0.3, 0.4) is 0 Å². The van der Waals surface area contributed by atoms with Crippen molar-refractivity contribution in [3.05, 3.63) is 54.1 Å². The molecule has 142 valence electrons. The fourth-order valence-electron chi connectivity index (χ4n) is 3.30. The zero-order valence-electron chi connectivity index (χ0n) is 15.7. The van der Waals surface area contributed by atoms with Crippen molar-refractivity contribution in [2.45, 2.75) is 32.6 Å². The lowest BCUT2D eigenvalue weighted by molar-refractivity contribution is -0.116. The normalized spacial score (nSPS) is 13.4. The molecule has 0 bridgehead atoms. The number of ketones is 1. The number of anilines is 2. The second-order valence-electron chi connectivity index (χ2n) is 6.64. The Morgan fingerprint density at radius 1 is 1.00 bits per heavy atom. The third-order valence-corrected chi connectivity index (χ3v) is 4.69. The summed E-state index contributed by atoms with van der Waals surface area (Å²) in [6.07, 6.45) is 2.71. The second kappa shape index (κ2) is 9.21. The molecule has 3 rings (SSSR count). The average Bonchev–Trinajstić information content (AvgIpc) is 3.22. The van der Waals surface area contributed by atoms with E-state index in [1.807, 2.05) is 31.2 Å². The highest BCUT2D eigenvalue weighted by molar-refractivity contribution is 6.01. The average molecular weight is 366 g/mol. The molecule has 2 aromatic carbocycles. The molecule has 1 amide bonds. The molecule has 1 heterocycles. The lowest BCUT2D eigenvalue weighted by atomic mass is 10.1. The van der Waals surface area contributed by atoms with Crippen LogP contribution in [0.25, 0.3) is 0 Å². The van der Waals surface area contributed by atoms with Crippen molar-refractivity contribution < 1.29 is 14.3 Å². The minimum Gasteiger partial charge on any atom is -0.494 e. The highest BCUT2D eigenvalue weighted by atomic mass is 16.5. The van der Waals surface area contributed by atoms with Crippen LogP contribution < -0.4 is 15.0 Å². The molecule has 0 spiro atoms. The number of carbonyl (C=O) groups is 2. The molecule has 0 radical (unpaired) electrons. The van der Waals surface area contributed by atoms with Crippen LogP contribution in [0.4, 0.5) is 11.4 Å². The number of hydrogen-bond acceptors (Lipinski definition) is 4. The quantitative estimate of drug-likeness (QED) is 0.708. The molecule has 2 aromatic rings. The standard InChI is InChI=1S/C22H26N2O3/c1-2-27-18-11-9-17(10-12-18)21(25)13-14-22(26)23-19-7-3-4-8-20(19)24-15-5-6-16-24/h3-4,7-12H,2,5-6,13-16H2,1H3,(H,23,26). The van der Waals surface area contributed by atoms with E-state index < -0.39 is 0 Å². The van der Waals surface area contributed by atoms with E-state index >= 15 is 0 Å². The Kier molecular flexibility index (Phi) is 6.47. The number of hydrogen-bond donors (Lipinski definition) is 1. The van der Waals surface area contributed by atoms with Gasteiger partial charge in [-0.1, -0.05) is 12.1 Å². The third kappa shape index (κ3) is 5.09. The summed E-state index contributed by atoms with van der Waals surface area (Å²) in [7, 11) is 0. The van der Waals surface area contributed by atoms with E-state index in [-0.39, 0.29) is 24.5 Å². The Balaban J connectivity index is 1.54. The second-order valence-corrected chi connectivity index (χ2v) is 6.64. The Hall–Kier alpha value is -2.82. The van der Waals surface area contributed by atoms with Crippen LogP contribution in [0.5, 0.6) is 5.75 Å². The number of benzene rings is 2. The fraction of sp³-hybridized carbons (Fsp3) is 0.364. The molecule has 5 nitrogen and oxygen atoms in total. The van der Waals surface area contributed by atoms with Crippen LogP contribution in [0, 0.1) is 0 Å². The minimum atomic E-state index is -0.138. The molecule has 27 heavy (non-hydrogen) atoms. The van der Waals surface area contributed by atoms with Gasteiger partial charge in [0.1, 0.15) is 5.75 Å². The predicted molar refractivity (Wildman–Crippen MR) is 108 cm³/mol. The number of amides is 1. The van der Waals surface area contributed by atoms with Gasteiger partial charge in [-0.25, -0.2) is 0 Å². The van der Waals surface area contributed by atoms with E-state index in [0.717, 1.165) is 30.2 Å². The maximum absolute atomic E-state index is 12.4. The van der Waals surface area contributed by atoms with Crippen molar-refractivity contribution in [3.63, 3.8) is 0 Å². The molecule has 0 aliphatic carbocycles. The number of rotatable bonds is 8. The van der Waals surface area contributed by atoms with Crippen LogP contribution in [-0.4, -0.2) is 31.4 Å². The van der Waals surface area contributed by atoms with Gasteiger partial charge in [0.05, 0.1) is 18.0 Å². The van der Waals surface area contributed by atoms with Crippen LogP contribution in [0.15, 0.2) is 48.5 Å². The molecule has 0 unspecified atom stereocenters. The monoisotopic (exact) mass is 366 g/mol. The smallest absolute Gasteiger partial charge is 0.224 e. The van der Waals surface area contributed by atoms with Crippen molar-refractivity contribution >= 4 is 23.1 Å². The predicted octanol–water partition coefficient (Wildman–Crippen LogP) is 4.29. The third-order valence-electron chi connectivity index (χ3n) is 4.69. The summed E-state index contributed by atoms with van der Waals surface area (Å²) < 4.78 is 5.38. The van der Waals surface area contributed by atoms with Crippen molar-refractivity contribution in [3.8, 4) is 5.75 Å². The molecule has 1 N–H and O–H groups in total. The van der Waals surface area contributed by atoms with Crippen LogP contribution in [-0.2, 0) is 4.79 Å². The number of ether oxygens (including phenoxy) is 1. The summed E-state index contributed by atoms with van der Waals surface area (Å²) in [5.41, 5.74) is 2.47. The largest absolute Gasteiger partial charge is 0.494 e. The molecule has 1 aliphatic rings. The zero-order chi connectivity index (χ0) is 19.1. The summed E-state index contributed by atoms with van der Waals surface area (Å²) in [5.74, 6) is 0.562. The summed E-state index contributed by atoms with van der Waals surface area (Å²) >= 11 is 0. The van der Waals surface area contributed by atoms with E-state index in [9.17, 15) is 9.59 Å². The number of nitrogens with one attached hydrogen (secondary N) is 1. The number of Topliss-reactive ketones (excluding diaryl/α,β-unsaturated/α-hetero) is 1. The van der Waals surface area contributed by atoms with Crippen LogP contribution >= 0.6 is 0 Å². The summed E-state index contributed by atoms with van der Waals surface area (Å²) in [4.78, 5) is 27.0. The minimum absolute atomic E-state index is 0.0407. The van der Waals surface area contributed by atoms with E-state index in [0.29, 0.717) is 12.2 Å². The molecule has 1 aliphatic heterocycles. The van der Waals surface area contributed by atoms with Gasteiger partial charge in [0.25, 0.3) is 0 Å². The number of para-hydroxylation sites is 2. The topological polar surface area (TPSA) is 58.6 Å². The highest BCUT2D eigenvalue weighted by Gasteiger charge is 2.17. The van der Waals surface area contributed by atoms with Gasteiger partial charge >= 0.3 is 0 Å². The summed E-state index contributed by atoms with van der Waals surface area (Å²) in [6.45, 7) is 4.54. The Labute approximate surface area is 160 Å². The van der Waals surface area contributed by atoms with Crippen LogP contribution in [0.2, 0.25) is 0 Å². The molecule has 0 saturated carbocycles. The van der Waals surface area contributed by atoms with Crippen molar-refractivity contribution in [2.24, 2.45) is 0 Å². The zero-order valence-corrected chi connectivity index (χ0v) is 15.7. The van der Waals surface area contributed by atoms with Crippen molar-refractivity contribution in [2.75, 3.05) is 29.9 Å². The van der Waals surface area contributed by atoms with Gasteiger partial charge in [0.15, 0.2) is 5.78 Å². The van der Waals surface area contributed by atoms with E-state index in [2.05, 4.69) is 10.2 Å². The first kappa shape index (κ1) is 19.0.